The van der Waals surface area contributed by atoms with E-state index in [2.05, 4.69) is 5.32 Å². The zero-order chi connectivity index (χ0) is 16.4. The SMILES string of the molecule is O=C(O)c1cc(Cl)cc(NC(=O)[C@@H]2C[C@@H](F)CN2C(=O)O)c1. The molecule has 0 aromatic heterocycles. The van der Waals surface area contributed by atoms with E-state index < -0.39 is 30.2 Å². The fourth-order valence-electron chi connectivity index (χ4n) is 2.26. The Balaban J connectivity index is 2.18. The van der Waals surface area contributed by atoms with E-state index in [0.717, 1.165) is 0 Å². The van der Waals surface area contributed by atoms with Crippen LogP contribution in [0.15, 0.2) is 18.2 Å². The first-order valence-electron chi connectivity index (χ1n) is 6.26. The summed E-state index contributed by atoms with van der Waals surface area (Å²) in [5, 5.41) is 20.3. The molecule has 1 saturated heterocycles. The van der Waals surface area contributed by atoms with Gasteiger partial charge >= 0.3 is 12.1 Å². The predicted molar refractivity (Wildman–Crippen MR) is 75.1 cm³/mol. The second-order valence-electron chi connectivity index (χ2n) is 4.81. The number of aromatic carboxylic acids is 1. The molecule has 0 saturated carbocycles. The van der Waals surface area contributed by atoms with Gasteiger partial charge in [-0.3, -0.25) is 9.69 Å². The van der Waals surface area contributed by atoms with Crippen LogP contribution in [0, 0.1) is 0 Å². The molecule has 0 spiro atoms. The van der Waals surface area contributed by atoms with Gasteiger partial charge in [-0.15, -0.1) is 0 Å². The van der Waals surface area contributed by atoms with Crippen molar-refractivity contribution < 1.29 is 29.0 Å². The number of anilines is 1. The Morgan fingerprint density at radius 1 is 1.27 bits per heavy atom. The van der Waals surface area contributed by atoms with Crippen molar-refractivity contribution in [2.45, 2.75) is 18.6 Å². The Morgan fingerprint density at radius 2 is 1.95 bits per heavy atom. The summed E-state index contributed by atoms with van der Waals surface area (Å²) in [6, 6.07) is 2.54. The number of hydrogen-bond acceptors (Lipinski definition) is 3. The molecule has 0 bridgehead atoms. The summed E-state index contributed by atoms with van der Waals surface area (Å²) in [7, 11) is 0. The lowest BCUT2D eigenvalue weighted by atomic mass is 10.1. The molecule has 9 heteroatoms. The molecule has 0 radical (unpaired) electrons. The number of hydrogen-bond donors (Lipinski definition) is 3. The summed E-state index contributed by atoms with van der Waals surface area (Å²) >= 11 is 5.76. The lowest BCUT2D eigenvalue weighted by Crippen LogP contribution is -2.42. The van der Waals surface area contributed by atoms with Crippen LogP contribution in [0.2, 0.25) is 5.02 Å². The summed E-state index contributed by atoms with van der Waals surface area (Å²) in [5.74, 6) is -1.96. The summed E-state index contributed by atoms with van der Waals surface area (Å²) in [4.78, 5) is 34.7. The molecule has 7 nitrogen and oxygen atoms in total. The van der Waals surface area contributed by atoms with E-state index in [4.69, 9.17) is 21.8 Å². The minimum Gasteiger partial charge on any atom is -0.478 e. The Labute approximate surface area is 129 Å². The Hall–Kier alpha value is -2.35. The lowest BCUT2D eigenvalue weighted by Gasteiger charge is -2.20. The van der Waals surface area contributed by atoms with Crippen LogP contribution in [0.5, 0.6) is 0 Å². The van der Waals surface area contributed by atoms with E-state index in [0.29, 0.717) is 4.90 Å². The largest absolute Gasteiger partial charge is 0.478 e. The molecule has 2 rings (SSSR count). The summed E-state index contributed by atoms with van der Waals surface area (Å²) in [5.41, 5.74) is -0.0322. The monoisotopic (exact) mass is 330 g/mol. The second kappa shape index (κ2) is 6.18. The van der Waals surface area contributed by atoms with Crippen molar-refractivity contribution in [1.82, 2.24) is 4.90 Å². The number of nitrogens with zero attached hydrogens (tertiary/aromatic N) is 1. The van der Waals surface area contributed by atoms with Gasteiger partial charge in [0.15, 0.2) is 0 Å². The molecule has 0 aliphatic carbocycles. The first-order chi connectivity index (χ1) is 10.3. The smallest absolute Gasteiger partial charge is 0.408 e. The maximum absolute atomic E-state index is 13.3. The lowest BCUT2D eigenvalue weighted by molar-refractivity contribution is -0.119. The van der Waals surface area contributed by atoms with Gasteiger partial charge in [0.2, 0.25) is 5.91 Å². The zero-order valence-corrected chi connectivity index (χ0v) is 11.9. The number of amides is 2. The van der Waals surface area contributed by atoms with Crippen LogP contribution in [0.1, 0.15) is 16.8 Å². The van der Waals surface area contributed by atoms with Gasteiger partial charge in [-0.2, -0.15) is 0 Å². The van der Waals surface area contributed by atoms with E-state index in [-0.39, 0.29) is 29.2 Å². The van der Waals surface area contributed by atoms with Crippen molar-refractivity contribution in [2.24, 2.45) is 0 Å². The number of likely N-dealkylation sites (tertiary alicyclic amines) is 1. The molecule has 2 atom stereocenters. The van der Waals surface area contributed by atoms with Crippen molar-refractivity contribution in [3.63, 3.8) is 0 Å². The average molecular weight is 331 g/mol. The normalized spacial score (nSPS) is 20.7. The number of carbonyl (C=O) groups is 3. The minimum absolute atomic E-state index is 0.0973. The summed E-state index contributed by atoms with van der Waals surface area (Å²) in [6.07, 6.45) is -3.05. The van der Waals surface area contributed by atoms with Crippen molar-refractivity contribution in [3.8, 4) is 0 Å². The maximum Gasteiger partial charge on any atom is 0.408 e. The number of rotatable bonds is 3. The quantitative estimate of drug-likeness (QED) is 0.786. The first-order valence-corrected chi connectivity index (χ1v) is 6.64. The second-order valence-corrected chi connectivity index (χ2v) is 5.24. The molecule has 1 fully saturated rings. The Morgan fingerprint density at radius 3 is 2.55 bits per heavy atom. The van der Waals surface area contributed by atoms with Gasteiger partial charge in [0.05, 0.1) is 12.1 Å². The molecular weight excluding hydrogens is 319 g/mol. The number of carboxylic acids is 1. The number of carbonyl (C=O) groups excluding carboxylic acids is 1. The van der Waals surface area contributed by atoms with E-state index in [9.17, 15) is 18.8 Å². The molecule has 0 unspecified atom stereocenters. The number of benzene rings is 1. The van der Waals surface area contributed by atoms with E-state index in [1.54, 1.807) is 0 Å². The van der Waals surface area contributed by atoms with E-state index in [1.807, 2.05) is 0 Å². The third kappa shape index (κ3) is 3.45. The number of alkyl halides is 1. The predicted octanol–water partition coefficient (Wildman–Crippen LogP) is 2.07. The van der Waals surface area contributed by atoms with Gasteiger partial charge in [-0.05, 0) is 18.2 Å². The highest BCUT2D eigenvalue weighted by Gasteiger charge is 2.39. The fraction of sp³-hybridized carbons (Fsp3) is 0.308. The standard InChI is InChI=1S/C13H12ClFN2O5/c14-7-1-6(12(19)20)2-9(3-7)16-11(18)10-4-8(15)5-17(10)13(21)22/h1-3,8,10H,4-5H2,(H,16,18)(H,19,20)(H,21,22)/t8-,10+/m1/s1. The molecule has 1 aliphatic rings. The molecule has 118 valence electrons. The van der Waals surface area contributed by atoms with Crippen LogP contribution in [0.3, 0.4) is 0 Å². The minimum atomic E-state index is -1.42. The maximum atomic E-state index is 13.3. The van der Waals surface area contributed by atoms with Gasteiger partial charge in [-0.25, -0.2) is 14.0 Å². The van der Waals surface area contributed by atoms with Crippen molar-refractivity contribution >= 4 is 35.3 Å². The van der Waals surface area contributed by atoms with E-state index in [1.165, 1.54) is 18.2 Å². The average Bonchev–Trinajstić information content (AvgIpc) is 2.80. The molecule has 1 aliphatic heterocycles. The first kappa shape index (κ1) is 16.0. The van der Waals surface area contributed by atoms with Gasteiger partial charge in [-0.1, -0.05) is 11.6 Å². The van der Waals surface area contributed by atoms with Crippen LogP contribution < -0.4 is 5.32 Å². The summed E-state index contributed by atoms with van der Waals surface area (Å²) < 4.78 is 13.3. The Bertz CT molecular complexity index is 639. The van der Waals surface area contributed by atoms with Crippen LogP contribution in [-0.2, 0) is 4.79 Å². The zero-order valence-electron chi connectivity index (χ0n) is 11.1. The van der Waals surface area contributed by atoms with Crippen molar-refractivity contribution in [3.05, 3.63) is 28.8 Å². The number of halogens is 2. The topological polar surface area (TPSA) is 107 Å². The van der Waals surface area contributed by atoms with Crippen molar-refractivity contribution in [2.75, 3.05) is 11.9 Å². The number of nitrogens with one attached hydrogen (secondary N) is 1. The molecule has 1 heterocycles. The highest BCUT2D eigenvalue weighted by molar-refractivity contribution is 6.31. The molecule has 3 N–H and O–H groups in total. The van der Waals surface area contributed by atoms with E-state index >= 15 is 0 Å². The Kier molecular flexibility index (Phi) is 4.51. The summed E-state index contributed by atoms with van der Waals surface area (Å²) in [6.45, 7) is -0.372. The van der Waals surface area contributed by atoms with Crippen LogP contribution in [-0.4, -0.2) is 51.8 Å². The molecule has 1 aromatic rings. The highest BCUT2D eigenvalue weighted by atomic mass is 35.5. The van der Waals surface area contributed by atoms with Gasteiger partial charge in [0.1, 0.15) is 12.2 Å². The molecular formula is C13H12ClFN2O5. The van der Waals surface area contributed by atoms with Gasteiger partial charge < -0.3 is 15.5 Å². The molecule has 2 amide bonds. The van der Waals surface area contributed by atoms with Crippen LogP contribution >= 0.6 is 11.6 Å². The van der Waals surface area contributed by atoms with Crippen LogP contribution in [0.4, 0.5) is 14.9 Å². The number of carboxylic acid groups (broad SMARTS) is 2. The van der Waals surface area contributed by atoms with Crippen LogP contribution in [0.25, 0.3) is 0 Å². The molecule has 1 aromatic carbocycles. The third-order valence-corrected chi connectivity index (χ3v) is 3.43. The van der Waals surface area contributed by atoms with Gasteiger partial charge in [0, 0.05) is 17.1 Å². The van der Waals surface area contributed by atoms with Gasteiger partial charge in [0.25, 0.3) is 0 Å². The van der Waals surface area contributed by atoms with Crippen molar-refractivity contribution in [1.29, 1.82) is 0 Å². The third-order valence-electron chi connectivity index (χ3n) is 3.21. The highest BCUT2D eigenvalue weighted by Crippen LogP contribution is 2.24. The molecule has 22 heavy (non-hydrogen) atoms. The fourth-order valence-corrected chi connectivity index (χ4v) is 2.49.